The van der Waals surface area contributed by atoms with E-state index in [4.69, 9.17) is 0 Å². The van der Waals surface area contributed by atoms with Crippen LogP contribution in [-0.4, -0.2) is 10.7 Å². The minimum atomic E-state index is -0.324. The number of halogens is 1. The zero-order chi connectivity index (χ0) is 20.0. The van der Waals surface area contributed by atoms with Crippen LogP contribution in [0.5, 0.6) is 0 Å². The van der Waals surface area contributed by atoms with Gasteiger partial charge in [0, 0.05) is 22.7 Å². The second kappa shape index (κ2) is 9.42. The van der Waals surface area contributed by atoms with Crippen LogP contribution < -0.4 is 0 Å². The lowest BCUT2D eigenvalue weighted by Crippen LogP contribution is -1.96. The molecule has 140 valence electrons. The van der Waals surface area contributed by atoms with Gasteiger partial charge in [-0.05, 0) is 75.4 Å². The number of aryl methyl sites for hydroxylation is 3. The molecule has 1 aromatic heterocycles. The maximum Gasteiger partial charge on any atom is 0.149 e. The second-order valence-corrected chi connectivity index (χ2v) is 7.48. The van der Waals surface area contributed by atoms with Crippen LogP contribution in [0.3, 0.4) is 0 Å². The van der Waals surface area contributed by atoms with Crippen LogP contribution >= 0.6 is 0 Å². The van der Waals surface area contributed by atoms with E-state index >= 15 is 0 Å². The molecule has 3 heteroatoms. The Balaban J connectivity index is 0.000000765. The van der Waals surface area contributed by atoms with Crippen molar-refractivity contribution in [3.8, 4) is 0 Å². The van der Waals surface area contributed by atoms with E-state index in [1.807, 2.05) is 52.8 Å². The highest BCUT2D eigenvalue weighted by molar-refractivity contribution is 5.84. The van der Waals surface area contributed by atoms with E-state index in [0.717, 1.165) is 45.3 Å². The zero-order valence-corrected chi connectivity index (χ0v) is 17.4. The third-order valence-corrected chi connectivity index (χ3v) is 3.49. The van der Waals surface area contributed by atoms with Gasteiger partial charge in [0.15, 0.2) is 0 Å². The average molecular weight is 355 g/mol. The molecule has 0 amide bonds. The first kappa shape index (κ1) is 21.8. The quantitative estimate of drug-likeness (QED) is 0.546. The summed E-state index contributed by atoms with van der Waals surface area (Å²) in [5.41, 5.74) is 6.35. The standard InChI is InChI=1S/C19H21FN2.C4H10/c1-11(2)21-19-12(3)9-16(10-18(19)20)14(5)17-8-7-13(4)22-15(17)6;1-4(2)3/h7-10H,5H2,1-4,6H3;4H,1-3H3. The van der Waals surface area contributed by atoms with Crippen molar-refractivity contribution in [2.24, 2.45) is 10.9 Å². The van der Waals surface area contributed by atoms with Crippen molar-refractivity contribution < 1.29 is 4.39 Å². The van der Waals surface area contributed by atoms with Gasteiger partial charge in [-0.3, -0.25) is 9.98 Å². The van der Waals surface area contributed by atoms with E-state index in [0.29, 0.717) is 5.69 Å². The third kappa shape index (κ3) is 6.21. The van der Waals surface area contributed by atoms with E-state index in [1.54, 1.807) is 0 Å². The molecule has 0 spiro atoms. The smallest absolute Gasteiger partial charge is 0.149 e. The van der Waals surface area contributed by atoms with Gasteiger partial charge in [-0.25, -0.2) is 4.39 Å². The molecular formula is C23H31FN2. The van der Waals surface area contributed by atoms with Crippen LogP contribution in [0.1, 0.15) is 62.7 Å². The monoisotopic (exact) mass is 354 g/mol. The predicted molar refractivity (Wildman–Crippen MR) is 112 cm³/mol. The summed E-state index contributed by atoms with van der Waals surface area (Å²) >= 11 is 0. The first-order valence-corrected chi connectivity index (χ1v) is 8.98. The lowest BCUT2D eigenvalue weighted by atomic mass is 9.96. The van der Waals surface area contributed by atoms with Crippen molar-refractivity contribution in [2.45, 2.75) is 55.4 Å². The lowest BCUT2D eigenvalue weighted by Gasteiger charge is -2.12. The number of hydrogen-bond acceptors (Lipinski definition) is 2. The van der Waals surface area contributed by atoms with E-state index in [2.05, 4.69) is 37.3 Å². The van der Waals surface area contributed by atoms with E-state index in [1.165, 1.54) is 6.07 Å². The Bertz CT molecular complexity index is 787. The normalized spacial score (nSPS) is 10.2. The molecule has 0 aliphatic rings. The van der Waals surface area contributed by atoms with Gasteiger partial charge in [0.05, 0.1) is 0 Å². The molecule has 1 aromatic carbocycles. The molecule has 0 saturated heterocycles. The fraction of sp³-hybridized carbons (Fsp3) is 0.391. The number of aromatic nitrogens is 1. The van der Waals surface area contributed by atoms with Crippen molar-refractivity contribution in [1.29, 1.82) is 0 Å². The maximum absolute atomic E-state index is 14.3. The summed E-state index contributed by atoms with van der Waals surface area (Å²) in [7, 11) is 0. The molecule has 26 heavy (non-hydrogen) atoms. The van der Waals surface area contributed by atoms with Gasteiger partial charge in [-0.15, -0.1) is 0 Å². The minimum absolute atomic E-state index is 0.324. The molecule has 0 saturated carbocycles. The van der Waals surface area contributed by atoms with Crippen LogP contribution in [0.2, 0.25) is 0 Å². The van der Waals surface area contributed by atoms with Gasteiger partial charge in [0.25, 0.3) is 0 Å². The van der Waals surface area contributed by atoms with Gasteiger partial charge >= 0.3 is 0 Å². The Morgan fingerprint density at radius 1 is 1.08 bits per heavy atom. The Morgan fingerprint density at radius 3 is 2.12 bits per heavy atom. The highest BCUT2D eigenvalue weighted by Gasteiger charge is 2.12. The largest absolute Gasteiger partial charge is 0.258 e. The van der Waals surface area contributed by atoms with Crippen LogP contribution in [0, 0.1) is 32.5 Å². The molecule has 0 aliphatic heterocycles. The van der Waals surface area contributed by atoms with Crippen molar-refractivity contribution in [2.75, 3.05) is 0 Å². The molecule has 0 fully saturated rings. The molecule has 2 nitrogen and oxygen atoms in total. The molecule has 1 heterocycles. The van der Waals surface area contributed by atoms with Crippen LogP contribution in [0.4, 0.5) is 10.1 Å². The Hall–Kier alpha value is -2.29. The van der Waals surface area contributed by atoms with Crippen LogP contribution in [0.15, 0.2) is 35.8 Å². The molecule has 0 N–H and O–H groups in total. The molecule has 0 bridgehead atoms. The molecule has 2 aromatic rings. The van der Waals surface area contributed by atoms with E-state index in [9.17, 15) is 4.39 Å². The molecule has 0 aliphatic carbocycles. The number of pyridine rings is 1. The van der Waals surface area contributed by atoms with Crippen molar-refractivity contribution >= 4 is 17.0 Å². The summed E-state index contributed by atoms with van der Waals surface area (Å²) in [4.78, 5) is 8.71. The summed E-state index contributed by atoms with van der Waals surface area (Å²) in [6, 6.07) is 7.34. The Morgan fingerprint density at radius 2 is 1.65 bits per heavy atom. The topological polar surface area (TPSA) is 25.2 Å². The highest BCUT2D eigenvalue weighted by Crippen LogP contribution is 2.30. The molecule has 2 rings (SSSR count). The van der Waals surface area contributed by atoms with Crippen LogP contribution in [0.25, 0.3) is 5.57 Å². The van der Waals surface area contributed by atoms with Crippen molar-refractivity contribution in [3.05, 3.63) is 64.7 Å². The van der Waals surface area contributed by atoms with E-state index in [-0.39, 0.29) is 5.82 Å². The Labute approximate surface area is 157 Å². The first-order chi connectivity index (χ1) is 12.0. The Kier molecular flexibility index (Phi) is 7.88. The fourth-order valence-electron chi connectivity index (χ4n) is 2.44. The van der Waals surface area contributed by atoms with Crippen LogP contribution in [-0.2, 0) is 0 Å². The summed E-state index contributed by atoms with van der Waals surface area (Å²) in [5.74, 6) is 0.509. The molecule has 0 atom stereocenters. The van der Waals surface area contributed by atoms with Gasteiger partial charge in [0.1, 0.15) is 11.5 Å². The number of nitrogens with zero attached hydrogens (tertiary/aromatic N) is 2. The second-order valence-electron chi connectivity index (χ2n) is 7.48. The summed E-state index contributed by atoms with van der Waals surface area (Å²) in [5, 5.41) is 0. The summed E-state index contributed by atoms with van der Waals surface area (Å²) in [6.45, 7) is 20.1. The number of hydrogen-bond donors (Lipinski definition) is 0. The SMILES string of the molecule is C=C(c1cc(C)c(N=C(C)C)c(F)c1)c1ccc(C)nc1C.CC(C)C. The van der Waals surface area contributed by atoms with Crippen molar-refractivity contribution in [1.82, 2.24) is 4.98 Å². The minimum Gasteiger partial charge on any atom is -0.258 e. The molecule has 0 radical (unpaired) electrons. The van der Waals surface area contributed by atoms with Gasteiger partial charge in [-0.2, -0.15) is 0 Å². The van der Waals surface area contributed by atoms with Gasteiger partial charge < -0.3 is 0 Å². The van der Waals surface area contributed by atoms with Gasteiger partial charge in [0.2, 0.25) is 0 Å². The lowest BCUT2D eigenvalue weighted by molar-refractivity contribution is 0.628. The first-order valence-electron chi connectivity index (χ1n) is 8.98. The number of benzene rings is 1. The third-order valence-electron chi connectivity index (χ3n) is 3.49. The maximum atomic E-state index is 14.3. The molecule has 0 unspecified atom stereocenters. The predicted octanol–water partition coefficient (Wildman–Crippen LogP) is 6.98. The molecular weight excluding hydrogens is 323 g/mol. The fourth-order valence-corrected chi connectivity index (χ4v) is 2.44. The summed E-state index contributed by atoms with van der Waals surface area (Å²) < 4.78 is 14.3. The van der Waals surface area contributed by atoms with Crippen molar-refractivity contribution in [3.63, 3.8) is 0 Å². The number of rotatable bonds is 3. The number of aliphatic imine (C=N–C) groups is 1. The average Bonchev–Trinajstić information content (AvgIpc) is 2.49. The zero-order valence-electron chi connectivity index (χ0n) is 17.4. The van der Waals surface area contributed by atoms with E-state index < -0.39 is 0 Å². The van der Waals surface area contributed by atoms with Gasteiger partial charge in [-0.1, -0.05) is 33.4 Å². The highest BCUT2D eigenvalue weighted by atomic mass is 19.1. The summed E-state index contributed by atoms with van der Waals surface area (Å²) in [6.07, 6.45) is 0.